The van der Waals surface area contributed by atoms with Crippen molar-refractivity contribution in [2.24, 2.45) is 0 Å². The summed E-state index contributed by atoms with van der Waals surface area (Å²) in [6, 6.07) is 8.59. The molecule has 0 aliphatic heterocycles. The second kappa shape index (κ2) is 5.47. The number of nitrogen functional groups attached to an aromatic ring is 1. The molecule has 0 atom stereocenters. The van der Waals surface area contributed by atoms with Crippen molar-refractivity contribution >= 4 is 5.82 Å². The van der Waals surface area contributed by atoms with E-state index in [1.54, 1.807) is 0 Å². The van der Waals surface area contributed by atoms with Crippen molar-refractivity contribution < 1.29 is 0 Å². The lowest BCUT2D eigenvalue weighted by atomic mass is 9.86. The van der Waals surface area contributed by atoms with E-state index in [9.17, 15) is 0 Å². The third-order valence-electron chi connectivity index (χ3n) is 3.74. The molecule has 3 nitrogen and oxygen atoms in total. The fourth-order valence-electron chi connectivity index (χ4n) is 2.22. The summed E-state index contributed by atoms with van der Waals surface area (Å²) in [5.41, 5.74) is 10.5. The zero-order valence-corrected chi connectivity index (χ0v) is 13.9. The standard InChI is InChI=1S/C18H25N3/c1-11(2)17-20-15(12(3)16(19)21-17)13-7-9-14(10-8-13)18(4,5)6/h7-11H,1-6H3,(H2,19,20,21). The van der Waals surface area contributed by atoms with Crippen molar-refractivity contribution in [2.75, 3.05) is 5.73 Å². The second-order valence-corrected chi connectivity index (χ2v) is 6.92. The van der Waals surface area contributed by atoms with E-state index in [0.29, 0.717) is 5.82 Å². The van der Waals surface area contributed by atoms with Gasteiger partial charge in [0, 0.05) is 17.0 Å². The van der Waals surface area contributed by atoms with Crippen molar-refractivity contribution in [2.45, 2.75) is 52.9 Å². The lowest BCUT2D eigenvalue weighted by Gasteiger charge is -2.19. The summed E-state index contributed by atoms with van der Waals surface area (Å²) in [6.07, 6.45) is 0. The molecule has 112 valence electrons. The van der Waals surface area contributed by atoms with E-state index >= 15 is 0 Å². The highest BCUT2D eigenvalue weighted by molar-refractivity contribution is 5.67. The zero-order valence-electron chi connectivity index (χ0n) is 13.9. The molecular formula is C18H25N3. The molecule has 0 aliphatic carbocycles. The van der Waals surface area contributed by atoms with Gasteiger partial charge < -0.3 is 5.73 Å². The summed E-state index contributed by atoms with van der Waals surface area (Å²) < 4.78 is 0. The van der Waals surface area contributed by atoms with E-state index in [1.165, 1.54) is 5.56 Å². The number of anilines is 1. The van der Waals surface area contributed by atoms with Crippen molar-refractivity contribution in [3.63, 3.8) is 0 Å². The molecule has 0 spiro atoms. The lowest BCUT2D eigenvalue weighted by Crippen LogP contribution is -2.10. The van der Waals surface area contributed by atoms with Crippen LogP contribution in [0.25, 0.3) is 11.3 Å². The fourth-order valence-corrected chi connectivity index (χ4v) is 2.22. The Balaban J connectivity index is 2.51. The molecule has 2 rings (SSSR count). The predicted octanol–water partition coefficient (Wildman–Crippen LogP) is 4.46. The van der Waals surface area contributed by atoms with E-state index < -0.39 is 0 Å². The van der Waals surface area contributed by atoms with Crippen molar-refractivity contribution in [3.05, 3.63) is 41.2 Å². The first-order valence-corrected chi connectivity index (χ1v) is 7.45. The smallest absolute Gasteiger partial charge is 0.133 e. The number of aromatic nitrogens is 2. The monoisotopic (exact) mass is 283 g/mol. The van der Waals surface area contributed by atoms with Crippen molar-refractivity contribution in [1.29, 1.82) is 0 Å². The van der Waals surface area contributed by atoms with Crippen LogP contribution >= 0.6 is 0 Å². The van der Waals surface area contributed by atoms with Gasteiger partial charge >= 0.3 is 0 Å². The van der Waals surface area contributed by atoms with E-state index in [1.807, 2.05) is 6.92 Å². The Morgan fingerprint density at radius 3 is 2.05 bits per heavy atom. The van der Waals surface area contributed by atoms with Gasteiger partial charge in [-0.3, -0.25) is 0 Å². The molecule has 0 fully saturated rings. The van der Waals surface area contributed by atoms with Gasteiger partial charge in [0.05, 0.1) is 5.69 Å². The number of hydrogen-bond donors (Lipinski definition) is 1. The zero-order chi connectivity index (χ0) is 15.8. The predicted molar refractivity (Wildman–Crippen MR) is 89.4 cm³/mol. The Morgan fingerprint density at radius 1 is 1.00 bits per heavy atom. The Bertz CT molecular complexity index is 635. The number of nitrogens with zero attached hydrogens (tertiary/aromatic N) is 2. The topological polar surface area (TPSA) is 51.8 Å². The van der Waals surface area contributed by atoms with Crippen LogP contribution < -0.4 is 5.73 Å². The summed E-state index contributed by atoms with van der Waals surface area (Å²) in [5, 5.41) is 0. The Labute approximate surface area is 127 Å². The molecule has 0 saturated heterocycles. The highest BCUT2D eigenvalue weighted by Gasteiger charge is 2.16. The molecule has 0 saturated carbocycles. The minimum Gasteiger partial charge on any atom is -0.383 e. The molecule has 1 aromatic carbocycles. The number of hydrogen-bond acceptors (Lipinski definition) is 3. The summed E-state index contributed by atoms with van der Waals surface area (Å²) >= 11 is 0. The lowest BCUT2D eigenvalue weighted by molar-refractivity contribution is 0.590. The molecule has 21 heavy (non-hydrogen) atoms. The molecule has 0 amide bonds. The average molecular weight is 283 g/mol. The van der Waals surface area contributed by atoms with Crippen LogP contribution in [0.15, 0.2) is 24.3 Å². The number of benzene rings is 1. The van der Waals surface area contributed by atoms with Gasteiger partial charge in [-0.05, 0) is 17.9 Å². The minimum absolute atomic E-state index is 0.154. The summed E-state index contributed by atoms with van der Waals surface area (Å²) in [4.78, 5) is 9.09. The molecule has 1 aromatic heterocycles. The van der Waals surface area contributed by atoms with Gasteiger partial charge in [0.25, 0.3) is 0 Å². The van der Waals surface area contributed by atoms with Gasteiger partial charge in [0.1, 0.15) is 11.6 Å². The maximum absolute atomic E-state index is 6.04. The van der Waals surface area contributed by atoms with Gasteiger partial charge in [-0.25, -0.2) is 9.97 Å². The quantitative estimate of drug-likeness (QED) is 0.885. The Kier molecular flexibility index (Phi) is 4.04. The first kappa shape index (κ1) is 15.5. The van der Waals surface area contributed by atoms with Gasteiger partial charge in [-0.15, -0.1) is 0 Å². The van der Waals surface area contributed by atoms with Crippen molar-refractivity contribution in [3.8, 4) is 11.3 Å². The normalized spacial score (nSPS) is 12.0. The van der Waals surface area contributed by atoms with Crippen LogP contribution in [0, 0.1) is 6.92 Å². The molecule has 1 heterocycles. The van der Waals surface area contributed by atoms with Crippen molar-refractivity contribution in [1.82, 2.24) is 9.97 Å². The van der Waals surface area contributed by atoms with Gasteiger partial charge in [-0.1, -0.05) is 58.9 Å². The first-order chi connectivity index (χ1) is 9.70. The van der Waals surface area contributed by atoms with Gasteiger partial charge in [-0.2, -0.15) is 0 Å². The minimum atomic E-state index is 0.154. The van der Waals surface area contributed by atoms with Crippen LogP contribution in [0.5, 0.6) is 0 Å². The van der Waals surface area contributed by atoms with Crippen LogP contribution in [0.4, 0.5) is 5.82 Å². The fraction of sp³-hybridized carbons (Fsp3) is 0.444. The molecule has 2 aromatic rings. The summed E-state index contributed by atoms with van der Waals surface area (Å²) in [7, 11) is 0. The number of nitrogens with two attached hydrogens (primary N) is 1. The van der Waals surface area contributed by atoms with Crippen LogP contribution in [-0.4, -0.2) is 9.97 Å². The molecular weight excluding hydrogens is 258 g/mol. The molecule has 0 unspecified atom stereocenters. The SMILES string of the molecule is Cc1c(N)nc(C(C)C)nc1-c1ccc(C(C)(C)C)cc1. The maximum Gasteiger partial charge on any atom is 0.133 e. The summed E-state index contributed by atoms with van der Waals surface area (Å²) in [6.45, 7) is 12.8. The second-order valence-electron chi connectivity index (χ2n) is 6.92. The first-order valence-electron chi connectivity index (χ1n) is 7.45. The molecule has 2 N–H and O–H groups in total. The van der Waals surface area contributed by atoms with Gasteiger partial charge in [0.2, 0.25) is 0 Å². The average Bonchev–Trinajstić information content (AvgIpc) is 2.40. The Hall–Kier alpha value is -1.90. The van der Waals surface area contributed by atoms with Gasteiger partial charge in [0.15, 0.2) is 0 Å². The van der Waals surface area contributed by atoms with Crippen LogP contribution in [0.2, 0.25) is 0 Å². The molecule has 0 radical (unpaired) electrons. The highest BCUT2D eigenvalue weighted by Crippen LogP contribution is 2.29. The maximum atomic E-state index is 6.04. The Morgan fingerprint density at radius 2 is 1.57 bits per heavy atom. The summed E-state index contributed by atoms with van der Waals surface area (Å²) in [5.74, 6) is 1.64. The van der Waals surface area contributed by atoms with Crippen LogP contribution in [0.1, 0.15) is 57.5 Å². The number of rotatable bonds is 2. The van der Waals surface area contributed by atoms with E-state index in [2.05, 4.69) is 63.9 Å². The highest BCUT2D eigenvalue weighted by atomic mass is 15.0. The van der Waals surface area contributed by atoms with Crippen LogP contribution in [0.3, 0.4) is 0 Å². The van der Waals surface area contributed by atoms with Crippen LogP contribution in [-0.2, 0) is 5.41 Å². The van der Waals surface area contributed by atoms with E-state index in [4.69, 9.17) is 10.7 Å². The van der Waals surface area contributed by atoms with E-state index in [0.717, 1.165) is 22.6 Å². The third-order valence-corrected chi connectivity index (χ3v) is 3.74. The van der Waals surface area contributed by atoms with E-state index in [-0.39, 0.29) is 11.3 Å². The molecule has 0 aliphatic rings. The molecule has 0 bridgehead atoms. The molecule has 3 heteroatoms. The third kappa shape index (κ3) is 3.23. The largest absolute Gasteiger partial charge is 0.383 e.